The molecule has 3 heterocycles. The Morgan fingerprint density at radius 3 is 3.00 bits per heavy atom. The summed E-state index contributed by atoms with van der Waals surface area (Å²) in [5.74, 6) is 0.516. The molecule has 24 heavy (non-hydrogen) atoms. The Balaban J connectivity index is 1.49. The van der Waals surface area contributed by atoms with Crippen molar-refractivity contribution in [2.24, 2.45) is 5.92 Å². The lowest BCUT2D eigenvalue weighted by Crippen LogP contribution is -2.36. The van der Waals surface area contributed by atoms with E-state index in [2.05, 4.69) is 32.7 Å². The van der Waals surface area contributed by atoms with E-state index in [1.54, 1.807) is 29.5 Å². The molecule has 3 rings (SSSR count). The van der Waals surface area contributed by atoms with E-state index in [1.165, 1.54) is 19.3 Å². The third kappa shape index (κ3) is 4.55. The molecule has 1 aliphatic rings. The predicted octanol–water partition coefficient (Wildman–Crippen LogP) is 2.12. The van der Waals surface area contributed by atoms with Gasteiger partial charge in [0, 0.05) is 25.5 Å². The van der Waals surface area contributed by atoms with Crippen LogP contribution in [0, 0.1) is 5.92 Å². The number of aromatic nitrogens is 3. The van der Waals surface area contributed by atoms with Gasteiger partial charge >= 0.3 is 6.03 Å². The first-order valence-corrected chi connectivity index (χ1v) is 8.39. The summed E-state index contributed by atoms with van der Waals surface area (Å²) in [7, 11) is 2.14. The first kappa shape index (κ1) is 16.4. The molecule has 7 heteroatoms. The normalized spacial score (nSPS) is 18.8. The van der Waals surface area contributed by atoms with Crippen LogP contribution in [-0.2, 0) is 0 Å². The third-order valence-corrected chi connectivity index (χ3v) is 4.29. The maximum Gasteiger partial charge on any atom is 0.319 e. The molecule has 0 saturated carbocycles. The van der Waals surface area contributed by atoms with Gasteiger partial charge in [0.25, 0.3) is 0 Å². The second kappa shape index (κ2) is 7.92. The molecule has 1 atom stereocenters. The van der Waals surface area contributed by atoms with Crippen molar-refractivity contribution in [1.29, 1.82) is 0 Å². The molecule has 2 N–H and O–H groups in total. The summed E-state index contributed by atoms with van der Waals surface area (Å²) in [5.41, 5.74) is 1.57. The summed E-state index contributed by atoms with van der Waals surface area (Å²) in [5, 5.41) is 10.1. The number of carbonyl (C=O) groups excluding carboxylic acids is 1. The number of nitrogens with zero attached hydrogens (tertiary/aromatic N) is 4. The number of hydrogen-bond donors (Lipinski definition) is 2. The summed E-state index contributed by atoms with van der Waals surface area (Å²) in [6.45, 7) is 2.89. The first-order chi connectivity index (χ1) is 11.7. The lowest BCUT2D eigenvalue weighted by molar-refractivity contribution is 0.246. The van der Waals surface area contributed by atoms with Crippen LogP contribution in [0.2, 0.25) is 0 Å². The van der Waals surface area contributed by atoms with E-state index in [-0.39, 0.29) is 6.03 Å². The number of urea groups is 1. The van der Waals surface area contributed by atoms with Gasteiger partial charge in [0.2, 0.25) is 0 Å². The molecule has 0 bridgehead atoms. The summed E-state index contributed by atoms with van der Waals surface area (Å²) in [6.07, 6.45) is 10.5. The molecular formula is C17H24N6O. The average molecular weight is 328 g/mol. The molecule has 1 fully saturated rings. The van der Waals surface area contributed by atoms with Gasteiger partial charge < -0.3 is 15.5 Å². The van der Waals surface area contributed by atoms with Gasteiger partial charge in [0.1, 0.15) is 0 Å². The van der Waals surface area contributed by atoms with Crippen molar-refractivity contribution in [3.8, 4) is 5.69 Å². The highest BCUT2D eigenvalue weighted by molar-refractivity contribution is 5.88. The number of carbonyl (C=O) groups is 1. The van der Waals surface area contributed by atoms with E-state index in [1.807, 2.05) is 12.1 Å². The van der Waals surface area contributed by atoms with E-state index in [4.69, 9.17) is 0 Å². The molecule has 128 valence electrons. The molecule has 2 aromatic heterocycles. The third-order valence-electron chi connectivity index (χ3n) is 4.29. The van der Waals surface area contributed by atoms with Crippen LogP contribution in [0.25, 0.3) is 5.69 Å². The highest BCUT2D eigenvalue weighted by Gasteiger charge is 2.16. The van der Waals surface area contributed by atoms with Crippen LogP contribution in [0.5, 0.6) is 0 Å². The van der Waals surface area contributed by atoms with E-state index in [0.29, 0.717) is 18.2 Å². The fraction of sp³-hybridized carbons (Fsp3) is 0.471. The van der Waals surface area contributed by atoms with Gasteiger partial charge in [0.15, 0.2) is 0 Å². The van der Waals surface area contributed by atoms with E-state index >= 15 is 0 Å². The van der Waals surface area contributed by atoms with Gasteiger partial charge in [-0.15, -0.1) is 0 Å². The molecule has 0 spiro atoms. The Kier molecular flexibility index (Phi) is 5.43. The van der Waals surface area contributed by atoms with Crippen LogP contribution < -0.4 is 10.6 Å². The maximum atomic E-state index is 12.1. The van der Waals surface area contributed by atoms with E-state index < -0.39 is 0 Å². The summed E-state index contributed by atoms with van der Waals surface area (Å²) in [6, 6.07) is 3.54. The van der Waals surface area contributed by atoms with Crippen LogP contribution in [0.3, 0.4) is 0 Å². The van der Waals surface area contributed by atoms with Gasteiger partial charge in [-0.2, -0.15) is 5.10 Å². The highest BCUT2D eigenvalue weighted by Crippen LogP contribution is 2.15. The minimum atomic E-state index is -0.184. The summed E-state index contributed by atoms with van der Waals surface area (Å²) in [4.78, 5) is 18.4. The maximum absolute atomic E-state index is 12.1. The quantitative estimate of drug-likeness (QED) is 0.901. The zero-order valence-electron chi connectivity index (χ0n) is 14.0. The van der Waals surface area contributed by atoms with Crippen LogP contribution in [-0.4, -0.2) is 52.4 Å². The molecule has 0 aliphatic carbocycles. The topological polar surface area (TPSA) is 75.1 Å². The Hall–Kier alpha value is -2.41. The predicted molar refractivity (Wildman–Crippen MR) is 93.2 cm³/mol. The molecule has 1 aliphatic heterocycles. The van der Waals surface area contributed by atoms with Crippen molar-refractivity contribution in [3.63, 3.8) is 0 Å². The first-order valence-electron chi connectivity index (χ1n) is 8.39. The number of rotatable bonds is 4. The molecule has 2 aromatic rings. The van der Waals surface area contributed by atoms with Gasteiger partial charge in [-0.1, -0.05) is 6.42 Å². The Bertz CT molecular complexity index is 656. The Morgan fingerprint density at radius 1 is 1.33 bits per heavy atom. The number of anilines is 1. The van der Waals surface area contributed by atoms with Crippen molar-refractivity contribution < 1.29 is 4.79 Å². The zero-order chi connectivity index (χ0) is 16.8. The van der Waals surface area contributed by atoms with Gasteiger partial charge in [0.05, 0.1) is 23.8 Å². The van der Waals surface area contributed by atoms with Crippen molar-refractivity contribution in [1.82, 2.24) is 25.0 Å². The van der Waals surface area contributed by atoms with E-state index in [0.717, 1.165) is 18.8 Å². The van der Waals surface area contributed by atoms with Crippen molar-refractivity contribution in [2.75, 3.05) is 32.0 Å². The lowest BCUT2D eigenvalue weighted by atomic mass is 10.0. The fourth-order valence-electron chi connectivity index (χ4n) is 3.04. The highest BCUT2D eigenvalue weighted by atomic mass is 16.2. The zero-order valence-corrected chi connectivity index (χ0v) is 14.0. The largest absolute Gasteiger partial charge is 0.338 e. The fourth-order valence-corrected chi connectivity index (χ4v) is 3.04. The van der Waals surface area contributed by atoms with Crippen LogP contribution in [0.15, 0.2) is 36.9 Å². The van der Waals surface area contributed by atoms with Gasteiger partial charge in [-0.05, 0) is 44.5 Å². The van der Waals surface area contributed by atoms with Crippen molar-refractivity contribution in [2.45, 2.75) is 19.3 Å². The standard InChI is InChI=1S/C17H24N6O/c1-22-9-3-2-4-14(12-22)10-19-17(24)21-15-11-20-23(13-15)16-5-7-18-8-6-16/h5-8,11,13-14H,2-4,9-10,12H2,1H3,(H2,19,21,24). The smallest absolute Gasteiger partial charge is 0.319 e. The van der Waals surface area contributed by atoms with Gasteiger partial charge in [-0.3, -0.25) is 4.98 Å². The molecular weight excluding hydrogens is 304 g/mol. The molecule has 1 unspecified atom stereocenters. The lowest BCUT2D eigenvalue weighted by Gasteiger charge is -2.20. The van der Waals surface area contributed by atoms with Crippen molar-refractivity contribution >= 4 is 11.7 Å². The number of pyridine rings is 1. The minimum absolute atomic E-state index is 0.184. The van der Waals surface area contributed by atoms with Crippen LogP contribution in [0.4, 0.5) is 10.5 Å². The molecule has 1 saturated heterocycles. The van der Waals surface area contributed by atoms with Crippen LogP contribution in [0.1, 0.15) is 19.3 Å². The van der Waals surface area contributed by atoms with Crippen molar-refractivity contribution in [3.05, 3.63) is 36.9 Å². The second-order valence-corrected chi connectivity index (χ2v) is 6.34. The number of hydrogen-bond acceptors (Lipinski definition) is 4. The Morgan fingerprint density at radius 2 is 2.17 bits per heavy atom. The second-order valence-electron chi connectivity index (χ2n) is 6.34. The molecule has 0 radical (unpaired) electrons. The average Bonchev–Trinajstić information content (AvgIpc) is 2.95. The summed E-state index contributed by atoms with van der Waals surface area (Å²) >= 11 is 0. The Labute approximate surface area is 142 Å². The van der Waals surface area contributed by atoms with Crippen LogP contribution >= 0.6 is 0 Å². The number of likely N-dealkylation sites (tertiary alicyclic amines) is 1. The molecule has 7 nitrogen and oxygen atoms in total. The SMILES string of the molecule is CN1CCCCC(CNC(=O)Nc2cnn(-c3ccncc3)c2)C1. The number of nitrogens with one attached hydrogen (secondary N) is 2. The molecule has 0 aromatic carbocycles. The minimum Gasteiger partial charge on any atom is -0.338 e. The van der Waals surface area contributed by atoms with Gasteiger partial charge in [-0.25, -0.2) is 9.48 Å². The van der Waals surface area contributed by atoms with E-state index in [9.17, 15) is 4.79 Å². The number of amides is 2. The molecule has 2 amide bonds. The monoisotopic (exact) mass is 328 g/mol. The summed E-state index contributed by atoms with van der Waals surface area (Å²) < 4.78 is 1.71.